The van der Waals surface area contributed by atoms with Crippen LogP contribution in [-0.2, 0) is 0 Å². The number of anilines is 1. The number of halogens is 3. The number of hydrogen-bond donors (Lipinski definition) is 0. The average molecular weight is 312 g/mol. The fourth-order valence-corrected chi connectivity index (χ4v) is 2.46. The average Bonchev–Trinajstić information content (AvgIpc) is 2.73. The maximum absolute atomic E-state index is 14.1. The Morgan fingerprint density at radius 3 is 2.64 bits per heavy atom. The van der Waals surface area contributed by atoms with Crippen molar-refractivity contribution in [3.05, 3.63) is 29.6 Å². The number of aliphatic imine (C=N–C) groups is 1. The van der Waals surface area contributed by atoms with Crippen molar-refractivity contribution >= 4 is 11.9 Å². The van der Waals surface area contributed by atoms with Gasteiger partial charge in [-0.3, -0.25) is 4.99 Å². The summed E-state index contributed by atoms with van der Waals surface area (Å²) < 4.78 is 40.9. The van der Waals surface area contributed by atoms with Crippen LogP contribution < -0.4 is 4.90 Å². The maximum Gasteiger partial charge on any atom is 0.266 e. The normalized spacial score (nSPS) is 18.4. The van der Waals surface area contributed by atoms with E-state index < -0.39 is 18.3 Å². The second kappa shape index (κ2) is 6.31. The van der Waals surface area contributed by atoms with E-state index in [1.807, 2.05) is 0 Å². The molecule has 0 bridgehead atoms. The van der Waals surface area contributed by atoms with E-state index in [1.54, 1.807) is 18.3 Å². The van der Waals surface area contributed by atoms with E-state index in [0.29, 0.717) is 12.1 Å². The third-order valence-electron chi connectivity index (χ3n) is 3.73. The van der Waals surface area contributed by atoms with E-state index in [1.165, 1.54) is 11.0 Å². The molecule has 0 aromatic heterocycles. The molecule has 0 aliphatic carbocycles. The first-order chi connectivity index (χ1) is 10.2. The van der Waals surface area contributed by atoms with Gasteiger partial charge >= 0.3 is 0 Å². The summed E-state index contributed by atoms with van der Waals surface area (Å²) in [6.45, 7) is 6.75. The van der Waals surface area contributed by atoms with Gasteiger partial charge < -0.3 is 4.90 Å². The van der Waals surface area contributed by atoms with Crippen molar-refractivity contribution in [2.45, 2.75) is 39.5 Å². The molecule has 22 heavy (non-hydrogen) atoms. The van der Waals surface area contributed by atoms with Crippen molar-refractivity contribution < 1.29 is 13.2 Å². The van der Waals surface area contributed by atoms with Crippen molar-refractivity contribution in [2.75, 3.05) is 24.5 Å². The van der Waals surface area contributed by atoms with Crippen LogP contribution in [0.2, 0.25) is 0 Å². The van der Waals surface area contributed by atoms with Gasteiger partial charge in [0.15, 0.2) is 0 Å². The number of hydrogen-bond acceptors (Lipinski definition) is 2. The predicted octanol–water partition coefficient (Wildman–Crippen LogP) is 4.53. The standard InChI is InChI=1S/C17H23F3N2/c1-16(2,3)7-9-21-11-13-5-4-6-14(18)15(13)22-10-8-17(19,20)12-22/h4-6,11H,7-10,12H2,1-3H3/b21-11+. The summed E-state index contributed by atoms with van der Waals surface area (Å²) >= 11 is 0. The van der Waals surface area contributed by atoms with Crippen LogP contribution in [0.5, 0.6) is 0 Å². The lowest BCUT2D eigenvalue weighted by atomic mass is 9.92. The number of alkyl halides is 2. The van der Waals surface area contributed by atoms with Crippen LogP contribution in [0.4, 0.5) is 18.9 Å². The van der Waals surface area contributed by atoms with Gasteiger partial charge in [0, 0.05) is 31.3 Å². The van der Waals surface area contributed by atoms with Gasteiger partial charge in [-0.05, 0) is 17.9 Å². The Labute approximate surface area is 130 Å². The molecule has 1 aromatic carbocycles. The van der Waals surface area contributed by atoms with Gasteiger partial charge in [-0.15, -0.1) is 0 Å². The van der Waals surface area contributed by atoms with Crippen molar-refractivity contribution in [1.29, 1.82) is 0 Å². The molecule has 0 radical (unpaired) electrons. The highest BCUT2D eigenvalue weighted by molar-refractivity contribution is 5.88. The van der Waals surface area contributed by atoms with Crippen LogP contribution in [0, 0.1) is 11.2 Å². The minimum atomic E-state index is -2.75. The molecule has 1 aromatic rings. The molecule has 1 saturated heterocycles. The highest BCUT2D eigenvalue weighted by Gasteiger charge is 2.39. The molecule has 5 heteroatoms. The lowest BCUT2D eigenvalue weighted by Crippen LogP contribution is -2.26. The largest absolute Gasteiger partial charge is 0.362 e. The third kappa shape index (κ3) is 4.49. The zero-order valence-electron chi connectivity index (χ0n) is 13.4. The number of para-hydroxylation sites is 1. The summed E-state index contributed by atoms with van der Waals surface area (Å²) in [7, 11) is 0. The quantitative estimate of drug-likeness (QED) is 0.746. The number of rotatable bonds is 4. The van der Waals surface area contributed by atoms with Gasteiger partial charge in [-0.2, -0.15) is 0 Å². The van der Waals surface area contributed by atoms with E-state index in [9.17, 15) is 13.2 Å². The summed E-state index contributed by atoms with van der Waals surface area (Å²) in [4.78, 5) is 5.75. The fraction of sp³-hybridized carbons (Fsp3) is 0.588. The predicted molar refractivity (Wildman–Crippen MR) is 84.7 cm³/mol. The Morgan fingerprint density at radius 1 is 1.32 bits per heavy atom. The molecule has 0 amide bonds. The van der Waals surface area contributed by atoms with E-state index in [-0.39, 0.29) is 24.1 Å². The lowest BCUT2D eigenvalue weighted by Gasteiger charge is -2.21. The molecule has 122 valence electrons. The smallest absolute Gasteiger partial charge is 0.266 e. The second-order valence-electron chi connectivity index (χ2n) is 7.05. The van der Waals surface area contributed by atoms with Gasteiger partial charge in [-0.25, -0.2) is 13.2 Å². The molecule has 1 heterocycles. The van der Waals surface area contributed by atoms with Gasteiger partial charge in [0.2, 0.25) is 0 Å². The molecule has 1 fully saturated rings. The van der Waals surface area contributed by atoms with Crippen LogP contribution in [0.1, 0.15) is 39.2 Å². The van der Waals surface area contributed by atoms with E-state index >= 15 is 0 Å². The monoisotopic (exact) mass is 312 g/mol. The molecule has 1 aliphatic rings. The molecule has 0 spiro atoms. The highest BCUT2D eigenvalue weighted by Crippen LogP contribution is 2.33. The molecular formula is C17H23F3N2. The Bertz CT molecular complexity index is 547. The van der Waals surface area contributed by atoms with Crippen molar-refractivity contribution in [2.24, 2.45) is 10.4 Å². The summed E-state index contributed by atoms with van der Waals surface area (Å²) in [6.07, 6.45) is 2.28. The zero-order valence-corrected chi connectivity index (χ0v) is 13.4. The minimum absolute atomic E-state index is 0.163. The Balaban J connectivity index is 2.15. The molecule has 0 atom stereocenters. The summed E-state index contributed by atoms with van der Waals surface area (Å²) in [6, 6.07) is 4.60. The van der Waals surface area contributed by atoms with Gasteiger partial charge in [0.05, 0.1) is 12.2 Å². The van der Waals surface area contributed by atoms with Crippen molar-refractivity contribution in [3.63, 3.8) is 0 Å². The summed E-state index contributed by atoms with van der Waals surface area (Å²) in [5, 5.41) is 0. The Kier molecular flexibility index (Phi) is 4.83. The van der Waals surface area contributed by atoms with E-state index in [2.05, 4.69) is 25.8 Å². The SMILES string of the molecule is CC(C)(C)CC/N=C/c1cccc(F)c1N1CCC(F)(F)C1. The molecule has 1 aliphatic heterocycles. The molecule has 2 rings (SSSR count). The third-order valence-corrected chi connectivity index (χ3v) is 3.73. The number of nitrogens with zero attached hydrogens (tertiary/aromatic N) is 2. The van der Waals surface area contributed by atoms with Crippen molar-refractivity contribution in [1.82, 2.24) is 0 Å². The first-order valence-electron chi connectivity index (χ1n) is 7.59. The molecule has 0 saturated carbocycles. The maximum atomic E-state index is 14.1. The van der Waals surface area contributed by atoms with Crippen LogP contribution in [0.25, 0.3) is 0 Å². The summed E-state index contributed by atoms with van der Waals surface area (Å²) in [5.41, 5.74) is 0.977. The highest BCUT2D eigenvalue weighted by atomic mass is 19.3. The van der Waals surface area contributed by atoms with E-state index in [4.69, 9.17) is 0 Å². The van der Waals surface area contributed by atoms with E-state index in [0.717, 1.165) is 6.42 Å². The van der Waals surface area contributed by atoms with Gasteiger partial charge in [0.1, 0.15) is 5.82 Å². The van der Waals surface area contributed by atoms with Crippen LogP contribution in [0.15, 0.2) is 23.2 Å². The molecule has 0 unspecified atom stereocenters. The fourth-order valence-electron chi connectivity index (χ4n) is 2.46. The number of benzene rings is 1. The minimum Gasteiger partial charge on any atom is -0.362 e. The zero-order chi connectivity index (χ0) is 16.4. The van der Waals surface area contributed by atoms with Crippen LogP contribution in [0.3, 0.4) is 0 Å². The molecular weight excluding hydrogens is 289 g/mol. The Morgan fingerprint density at radius 2 is 2.05 bits per heavy atom. The Hall–Kier alpha value is -1.52. The first-order valence-corrected chi connectivity index (χ1v) is 7.59. The topological polar surface area (TPSA) is 15.6 Å². The summed E-state index contributed by atoms with van der Waals surface area (Å²) in [5.74, 6) is -3.22. The first kappa shape index (κ1) is 16.8. The van der Waals surface area contributed by atoms with Crippen molar-refractivity contribution in [3.8, 4) is 0 Å². The molecule has 0 N–H and O–H groups in total. The lowest BCUT2D eigenvalue weighted by molar-refractivity contribution is 0.0257. The van der Waals surface area contributed by atoms with Gasteiger partial charge in [-0.1, -0.05) is 32.9 Å². The van der Waals surface area contributed by atoms with Crippen LogP contribution in [-0.4, -0.2) is 31.8 Å². The second-order valence-corrected chi connectivity index (χ2v) is 7.05. The van der Waals surface area contributed by atoms with Crippen LogP contribution >= 0.6 is 0 Å². The molecule has 2 nitrogen and oxygen atoms in total. The van der Waals surface area contributed by atoms with Gasteiger partial charge in [0.25, 0.3) is 5.92 Å².